The van der Waals surface area contributed by atoms with Gasteiger partial charge >= 0.3 is 0 Å². The maximum absolute atomic E-state index is 12.4. The van der Waals surface area contributed by atoms with Crippen molar-refractivity contribution in [1.82, 2.24) is 19.7 Å². The highest BCUT2D eigenvalue weighted by atomic mass is 16.5. The van der Waals surface area contributed by atoms with Crippen molar-refractivity contribution in [3.63, 3.8) is 0 Å². The molecule has 0 fully saturated rings. The second-order valence-electron chi connectivity index (χ2n) is 7.38. The lowest BCUT2D eigenvalue weighted by molar-refractivity contribution is 0.309. The van der Waals surface area contributed by atoms with Gasteiger partial charge in [0.1, 0.15) is 16.4 Å². The number of nitrogens with zero attached hydrogens (tertiary/aromatic N) is 2. The van der Waals surface area contributed by atoms with E-state index in [0.29, 0.717) is 17.9 Å². The minimum atomic E-state index is -0.503. The van der Waals surface area contributed by atoms with Crippen molar-refractivity contribution in [2.45, 2.75) is 19.8 Å². The van der Waals surface area contributed by atoms with Gasteiger partial charge in [-0.3, -0.25) is 9.59 Å². The molecule has 0 saturated heterocycles. The molecule has 0 atom stereocenters. The molecule has 0 aliphatic rings. The van der Waals surface area contributed by atoms with Gasteiger partial charge in [0.25, 0.3) is 11.1 Å². The average Bonchev–Trinajstić information content (AvgIpc) is 3.21. The highest BCUT2D eigenvalue weighted by Gasteiger charge is 2.12. The van der Waals surface area contributed by atoms with E-state index < -0.39 is 11.1 Å². The Hall–Kier alpha value is -4.13. The molecule has 162 valence electrons. The molecular formula is C25H24N4O3. The fraction of sp³-hybridized carbons (Fsp3) is 0.160. The highest BCUT2D eigenvalue weighted by molar-refractivity contribution is 5.72. The zero-order chi connectivity index (χ0) is 22.5. The number of H-pyrrole nitrogens is 2. The van der Waals surface area contributed by atoms with Crippen LogP contribution in [-0.4, -0.2) is 26.4 Å². The van der Waals surface area contributed by atoms with E-state index in [0.717, 1.165) is 29.8 Å². The maximum atomic E-state index is 12.4. The van der Waals surface area contributed by atoms with E-state index in [1.165, 1.54) is 0 Å². The summed E-state index contributed by atoms with van der Waals surface area (Å²) >= 11 is 0. The third-order valence-corrected chi connectivity index (χ3v) is 4.98. The quantitative estimate of drug-likeness (QED) is 0.442. The lowest BCUT2D eigenvalue weighted by Crippen LogP contribution is -2.47. The SMILES string of the molecule is C=c1[nH]c(=O)c(=Cc2cn(-c3ccccc3)nc2-c2ccc(OCCCC)cc2)c(=O)[nH]1. The van der Waals surface area contributed by atoms with E-state index in [2.05, 4.69) is 23.5 Å². The summed E-state index contributed by atoms with van der Waals surface area (Å²) in [6.45, 7) is 6.37. The van der Waals surface area contributed by atoms with Crippen LogP contribution in [0.15, 0.2) is 70.4 Å². The van der Waals surface area contributed by atoms with Crippen molar-refractivity contribution in [2.24, 2.45) is 0 Å². The average molecular weight is 428 g/mol. The number of hydrogen-bond donors (Lipinski definition) is 2. The van der Waals surface area contributed by atoms with E-state index in [4.69, 9.17) is 9.84 Å². The number of nitrogens with one attached hydrogen (secondary N) is 2. The van der Waals surface area contributed by atoms with E-state index in [9.17, 15) is 9.59 Å². The number of para-hydroxylation sites is 1. The van der Waals surface area contributed by atoms with Crippen molar-refractivity contribution in [2.75, 3.05) is 6.61 Å². The number of aromatic amines is 2. The molecular weight excluding hydrogens is 404 g/mol. The summed E-state index contributed by atoms with van der Waals surface area (Å²) in [5.41, 5.74) is 2.15. The van der Waals surface area contributed by atoms with Crippen LogP contribution in [0.1, 0.15) is 25.3 Å². The number of rotatable bonds is 7. The molecule has 7 heteroatoms. The Kier molecular flexibility index (Phi) is 6.17. The highest BCUT2D eigenvalue weighted by Crippen LogP contribution is 2.26. The topological polar surface area (TPSA) is 92.8 Å². The van der Waals surface area contributed by atoms with Crippen LogP contribution in [0.3, 0.4) is 0 Å². The lowest BCUT2D eigenvalue weighted by atomic mass is 10.1. The van der Waals surface area contributed by atoms with Gasteiger partial charge in [0.2, 0.25) is 0 Å². The van der Waals surface area contributed by atoms with Crippen molar-refractivity contribution >= 4 is 12.7 Å². The van der Waals surface area contributed by atoms with Crippen LogP contribution < -0.4 is 26.6 Å². The largest absolute Gasteiger partial charge is 0.494 e. The molecule has 0 bridgehead atoms. The first-order chi connectivity index (χ1) is 15.5. The zero-order valence-electron chi connectivity index (χ0n) is 17.8. The standard InChI is InChI=1S/C25H24N4O3/c1-3-4-14-32-21-12-10-18(11-13-21)23-19(15-22-24(30)26-17(2)27-25(22)31)16-29(28-23)20-8-6-5-7-9-20/h5-13,15-16H,2-4,14H2,1H3,(H,26,30)(H,27,31). The Bertz CT molecular complexity index is 1390. The summed E-state index contributed by atoms with van der Waals surface area (Å²) in [6.07, 6.45) is 5.41. The molecule has 0 amide bonds. The third kappa shape index (κ3) is 4.62. The monoisotopic (exact) mass is 428 g/mol. The Morgan fingerprint density at radius 2 is 1.72 bits per heavy atom. The first kappa shape index (κ1) is 21.1. The van der Waals surface area contributed by atoms with Crippen LogP contribution in [0, 0.1) is 0 Å². The van der Waals surface area contributed by atoms with Gasteiger partial charge < -0.3 is 14.7 Å². The van der Waals surface area contributed by atoms with Crippen LogP contribution in [0.5, 0.6) is 5.75 Å². The first-order valence-electron chi connectivity index (χ1n) is 10.5. The molecule has 2 aromatic heterocycles. The molecule has 2 N–H and O–H groups in total. The predicted octanol–water partition coefficient (Wildman–Crippen LogP) is 2.33. The molecule has 0 saturated carbocycles. The van der Waals surface area contributed by atoms with E-state index in [1.54, 1.807) is 17.0 Å². The van der Waals surface area contributed by atoms with Crippen LogP contribution in [0.2, 0.25) is 0 Å². The van der Waals surface area contributed by atoms with Gasteiger partial charge in [0, 0.05) is 17.3 Å². The first-order valence-corrected chi connectivity index (χ1v) is 10.5. The summed E-state index contributed by atoms with van der Waals surface area (Å²) < 4.78 is 7.48. The van der Waals surface area contributed by atoms with Gasteiger partial charge in [-0.25, -0.2) is 4.68 Å². The summed E-state index contributed by atoms with van der Waals surface area (Å²) in [7, 11) is 0. The maximum Gasteiger partial charge on any atom is 0.262 e. The van der Waals surface area contributed by atoms with E-state index in [-0.39, 0.29) is 10.7 Å². The summed E-state index contributed by atoms with van der Waals surface area (Å²) in [5.74, 6) is 0.786. The third-order valence-electron chi connectivity index (χ3n) is 4.98. The fourth-order valence-electron chi connectivity index (χ4n) is 3.30. The van der Waals surface area contributed by atoms with Gasteiger partial charge in [-0.1, -0.05) is 38.1 Å². The van der Waals surface area contributed by atoms with Gasteiger partial charge in [-0.2, -0.15) is 5.10 Å². The second-order valence-corrected chi connectivity index (χ2v) is 7.38. The molecule has 0 aliphatic heterocycles. The van der Waals surface area contributed by atoms with Gasteiger partial charge in [0.05, 0.1) is 18.0 Å². The Balaban J connectivity index is 1.82. The smallest absolute Gasteiger partial charge is 0.262 e. The number of aromatic nitrogens is 4. The Morgan fingerprint density at radius 3 is 2.38 bits per heavy atom. The van der Waals surface area contributed by atoms with Crippen molar-refractivity contribution in [1.29, 1.82) is 0 Å². The Labute approximate surface area is 184 Å². The number of benzene rings is 2. The number of unbranched alkanes of at least 4 members (excludes halogenated alkanes) is 1. The van der Waals surface area contributed by atoms with Gasteiger partial charge in [-0.15, -0.1) is 0 Å². The Morgan fingerprint density at radius 1 is 1.03 bits per heavy atom. The molecule has 0 radical (unpaired) electrons. The van der Waals surface area contributed by atoms with Crippen molar-refractivity contribution in [3.05, 3.63) is 97.8 Å². The van der Waals surface area contributed by atoms with E-state index in [1.807, 2.05) is 54.6 Å². The predicted molar refractivity (Wildman–Crippen MR) is 125 cm³/mol. The van der Waals surface area contributed by atoms with Crippen LogP contribution in [-0.2, 0) is 0 Å². The molecule has 2 heterocycles. The summed E-state index contributed by atoms with van der Waals surface area (Å²) in [6, 6.07) is 17.3. The van der Waals surface area contributed by atoms with Crippen molar-refractivity contribution in [3.8, 4) is 22.7 Å². The van der Waals surface area contributed by atoms with E-state index >= 15 is 0 Å². The minimum absolute atomic E-state index is 0.00854. The molecule has 0 unspecified atom stereocenters. The molecule has 32 heavy (non-hydrogen) atoms. The van der Waals surface area contributed by atoms with Gasteiger partial charge in [0.15, 0.2) is 0 Å². The van der Waals surface area contributed by atoms with Crippen molar-refractivity contribution < 1.29 is 4.74 Å². The van der Waals surface area contributed by atoms with Gasteiger partial charge in [-0.05, 0) is 48.9 Å². The number of hydrogen-bond acceptors (Lipinski definition) is 4. The fourth-order valence-corrected chi connectivity index (χ4v) is 3.30. The summed E-state index contributed by atoms with van der Waals surface area (Å²) in [4.78, 5) is 29.8. The van der Waals surface area contributed by atoms with Crippen LogP contribution in [0.25, 0.3) is 29.6 Å². The molecule has 4 aromatic rings. The molecule has 0 spiro atoms. The molecule has 0 aliphatic carbocycles. The number of ether oxygens (including phenoxy) is 1. The molecule has 7 nitrogen and oxygen atoms in total. The lowest BCUT2D eigenvalue weighted by Gasteiger charge is -2.06. The molecule has 4 rings (SSSR count). The normalized spacial score (nSPS) is 10.8. The minimum Gasteiger partial charge on any atom is -0.494 e. The molecule has 2 aromatic carbocycles. The van der Waals surface area contributed by atoms with Crippen LogP contribution in [0.4, 0.5) is 0 Å². The second kappa shape index (κ2) is 9.34. The zero-order valence-corrected chi connectivity index (χ0v) is 17.8. The van der Waals surface area contributed by atoms with Crippen LogP contribution >= 0.6 is 0 Å². The summed E-state index contributed by atoms with van der Waals surface area (Å²) in [5, 5.41) is 4.73.